The number of benzene rings is 2. The third kappa shape index (κ3) is 7.36. The third-order valence-electron chi connectivity index (χ3n) is 4.72. The monoisotopic (exact) mass is 501 g/mol. The Bertz CT molecular complexity index is 1200. The first-order chi connectivity index (χ1) is 16.7. The molecule has 35 heavy (non-hydrogen) atoms. The summed E-state index contributed by atoms with van der Waals surface area (Å²) in [6.07, 6.45) is 2.02. The molecule has 0 aliphatic carbocycles. The van der Waals surface area contributed by atoms with Crippen molar-refractivity contribution in [3.63, 3.8) is 0 Å². The molecule has 4 N–H and O–H groups in total. The van der Waals surface area contributed by atoms with Crippen LogP contribution in [0, 0.1) is 5.82 Å². The Morgan fingerprint density at radius 2 is 1.69 bits per heavy atom. The van der Waals surface area contributed by atoms with Crippen molar-refractivity contribution in [2.45, 2.75) is 26.4 Å². The highest BCUT2D eigenvalue weighted by molar-refractivity contribution is 6.34. The number of anilines is 2. The Hall–Kier alpha value is -3.76. The van der Waals surface area contributed by atoms with Crippen LogP contribution in [0.3, 0.4) is 0 Å². The molecule has 0 spiro atoms. The molecular formula is C24H25ClFN5O4. The van der Waals surface area contributed by atoms with E-state index in [4.69, 9.17) is 16.3 Å². The van der Waals surface area contributed by atoms with Gasteiger partial charge in [0.05, 0.1) is 23.0 Å². The van der Waals surface area contributed by atoms with Crippen LogP contribution in [-0.4, -0.2) is 46.9 Å². The van der Waals surface area contributed by atoms with Gasteiger partial charge >= 0.3 is 0 Å². The fourth-order valence-corrected chi connectivity index (χ4v) is 3.27. The van der Waals surface area contributed by atoms with Gasteiger partial charge in [-0.15, -0.1) is 0 Å². The molecule has 0 unspecified atom stereocenters. The fourth-order valence-electron chi connectivity index (χ4n) is 3.02. The maximum Gasteiger partial charge on any atom is 0.276 e. The molecule has 2 aromatic carbocycles. The van der Waals surface area contributed by atoms with Crippen LogP contribution in [0.2, 0.25) is 5.02 Å². The van der Waals surface area contributed by atoms with Crippen molar-refractivity contribution in [2.75, 3.05) is 23.8 Å². The van der Waals surface area contributed by atoms with Gasteiger partial charge in [-0.3, -0.25) is 14.4 Å². The van der Waals surface area contributed by atoms with Gasteiger partial charge in [-0.2, -0.15) is 0 Å². The van der Waals surface area contributed by atoms with E-state index in [1.807, 2.05) is 13.8 Å². The second-order valence-corrected chi connectivity index (χ2v) is 8.17. The Morgan fingerprint density at radius 3 is 2.31 bits per heavy atom. The molecule has 0 saturated carbocycles. The average molecular weight is 502 g/mol. The smallest absolute Gasteiger partial charge is 0.276 e. The number of carbonyl (C=O) groups is 3. The van der Waals surface area contributed by atoms with Crippen LogP contribution >= 0.6 is 11.6 Å². The molecule has 3 rings (SSSR count). The minimum absolute atomic E-state index is 0.00545. The lowest BCUT2D eigenvalue weighted by atomic mass is 10.2. The zero-order chi connectivity index (χ0) is 25.4. The molecule has 0 atom stereocenters. The van der Waals surface area contributed by atoms with E-state index in [0.717, 1.165) is 12.1 Å². The van der Waals surface area contributed by atoms with Gasteiger partial charge in [0.25, 0.3) is 17.7 Å². The number of rotatable bonds is 10. The molecule has 0 radical (unpaired) electrons. The van der Waals surface area contributed by atoms with Crippen LogP contribution in [-0.2, 0) is 4.74 Å². The molecule has 0 saturated heterocycles. The Labute approximate surface area is 206 Å². The van der Waals surface area contributed by atoms with E-state index in [-0.39, 0.29) is 28.1 Å². The number of nitrogens with zero attached hydrogens (tertiary/aromatic N) is 1. The van der Waals surface area contributed by atoms with Crippen LogP contribution in [0.4, 0.5) is 15.8 Å². The predicted molar refractivity (Wildman–Crippen MR) is 130 cm³/mol. The summed E-state index contributed by atoms with van der Waals surface area (Å²) >= 11 is 5.92. The van der Waals surface area contributed by atoms with E-state index < -0.39 is 23.5 Å². The molecule has 1 heterocycles. The molecule has 11 heteroatoms. The second kappa shape index (κ2) is 12.1. The minimum Gasteiger partial charge on any atom is -0.379 e. The van der Waals surface area contributed by atoms with E-state index in [1.165, 1.54) is 12.4 Å². The summed E-state index contributed by atoms with van der Waals surface area (Å²) in [7, 11) is 0. The van der Waals surface area contributed by atoms with Gasteiger partial charge in [0.15, 0.2) is 5.69 Å². The highest BCUT2D eigenvalue weighted by Crippen LogP contribution is 2.20. The molecule has 0 fully saturated rings. The summed E-state index contributed by atoms with van der Waals surface area (Å²) in [5.41, 5.74) is 0.988. The first-order valence-electron chi connectivity index (χ1n) is 10.9. The van der Waals surface area contributed by atoms with Gasteiger partial charge in [0.2, 0.25) is 0 Å². The minimum atomic E-state index is -0.575. The first-order valence-corrected chi connectivity index (χ1v) is 11.2. The molecule has 3 aromatic rings. The number of ether oxygens (including phenoxy) is 1. The Kier molecular flexibility index (Phi) is 8.93. The molecule has 1 aromatic heterocycles. The van der Waals surface area contributed by atoms with E-state index in [1.54, 1.807) is 24.3 Å². The average Bonchev–Trinajstić information content (AvgIpc) is 3.30. The number of aromatic amines is 1. The summed E-state index contributed by atoms with van der Waals surface area (Å²) in [6.45, 7) is 4.77. The van der Waals surface area contributed by atoms with Gasteiger partial charge in [0.1, 0.15) is 11.5 Å². The number of aromatic nitrogens is 2. The number of hydrogen-bond acceptors (Lipinski definition) is 5. The lowest BCUT2D eigenvalue weighted by molar-refractivity contribution is 0.0755. The fraction of sp³-hybridized carbons (Fsp3) is 0.250. The predicted octanol–water partition coefficient (Wildman–Crippen LogP) is 4.25. The van der Waals surface area contributed by atoms with Gasteiger partial charge in [-0.1, -0.05) is 11.6 Å². The Morgan fingerprint density at radius 1 is 1.03 bits per heavy atom. The van der Waals surface area contributed by atoms with Crippen molar-refractivity contribution >= 4 is 40.7 Å². The molecule has 0 bridgehead atoms. The topological polar surface area (TPSA) is 125 Å². The number of amides is 3. The van der Waals surface area contributed by atoms with Crippen LogP contribution in [0.25, 0.3) is 0 Å². The number of carbonyl (C=O) groups excluding carboxylic acids is 3. The number of halogens is 2. The van der Waals surface area contributed by atoms with Crippen molar-refractivity contribution < 1.29 is 23.5 Å². The summed E-state index contributed by atoms with van der Waals surface area (Å²) in [4.78, 5) is 44.1. The summed E-state index contributed by atoms with van der Waals surface area (Å²) in [6, 6.07) is 9.77. The third-order valence-corrected chi connectivity index (χ3v) is 5.03. The van der Waals surface area contributed by atoms with Crippen LogP contribution in [0.15, 0.2) is 48.8 Å². The maximum absolute atomic E-state index is 13.2. The van der Waals surface area contributed by atoms with Gasteiger partial charge in [0, 0.05) is 24.5 Å². The van der Waals surface area contributed by atoms with E-state index in [0.29, 0.717) is 30.9 Å². The summed E-state index contributed by atoms with van der Waals surface area (Å²) in [5, 5.41) is 8.02. The summed E-state index contributed by atoms with van der Waals surface area (Å²) < 4.78 is 18.6. The SMILES string of the molecule is CC(C)OCCCNC(=O)c1[nH]cnc1C(=O)Nc1ccc(NC(=O)c2ccc(F)cc2Cl)cc1. The quantitative estimate of drug-likeness (QED) is 0.309. The lowest BCUT2D eigenvalue weighted by Crippen LogP contribution is -2.28. The van der Waals surface area contributed by atoms with Gasteiger partial charge in [-0.25, -0.2) is 9.37 Å². The number of imidazole rings is 1. The number of H-pyrrole nitrogens is 1. The zero-order valence-electron chi connectivity index (χ0n) is 19.2. The van der Waals surface area contributed by atoms with Crippen molar-refractivity contribution in [1.82, 2.24) is 15.3 Å². The van der Waals surface area contributed by atoms with E-state index >= 15 is 0 Å². The van der Waals surface area contributed by atoms with Gasteiger partial charge in [-0.05, 0) is 62.7 Å². The van der Waals surface area contributed by atoms with E-state index in [9.17, 15) is 18.8 Å². The first kappa shape index (κ1) is 25.9. The van der Waals surface area contributed by atoms with Crippen molar-refractivity contribution in [2.24, 2.45) is 0 Å². The molecule has 9 nitrogen and oxygen atoms in total. The largest absolute Gasteiger partial charge is 0.379 e. The maximum atomic E-state index is 13.2. The van der Waals surface area contributed by atoms with Crippen LogP contribution < -0.4 is 16.0 Å². The number of hydrogen-bond donors (Lipinski definition) is 4. The van der Waals surface area contributed by atoms with Crippen molar-refractivity contribution in [3.8, 4) is 0 Å². The highest BCUT2D eigenvalue weighted by atomic mass is 35.5. The summed E-state index contributed by atoms with van der Waals surface area (Å²) in [5.74, 6) is -2.07. The molecule has 0 aliphatic heterocycles. The van der Waals surface area contributed by atoms with Crippen LogP contribution in [0.1, 0.15) is 51.6 Å². The molecular weight excluding hydrogens is 477 g/mol. The van der Waals surface area contributed by atoms with Crippen molar-refractivity contribution in [3.05, 3.63) is 76.6 Å². The molecule has 3 amide bonds. The molecule has 0 aliphatic rings. The zero-order valence-corrected chi connectivity index (χ0v) is 19.9. The highest BCUT2D eigenvalue weighted by Gasteiger charge is 2.20. The second-order valence-electron chi connectivity index (χ2n) is 7.76. The van der Waals surface area contributed by atoms with E-state index in [2.05, 4.69) is 25.9 Å². The standard InChI is InChI=1S/C24H25ClFN5O4/c1-14(2)35-11-3-10-27-23(33)20-21(29-13-28-20)24(34)31-17-7-5-16(6-8-17)30-22(32)18-9-4-15(26)12-19(18)25/h4-9,12-14H,3,10-11H2,1-2H3,(H,27,33)(H,28,29)(H,30,32)(H,31,34). The van der Waals surface area contributed by atoms with Gasteiger partial charge < -0.3 is 25.7 Å². The lowest BCUT2D eigenvalue weighted by Gasteiger charge is -2.09. The Balaban J connectivity index is 1.56. The molecule has 184 valence electrons. The van der Waals surface area contributed by atoms with Crippen molar-refractivity contribution in [1.29, 1.82) is 0 Å². The number of nitrogens with one attached hydrogen (secondary N) is 4. The normalized spacial score (nSPS) is 10.8. The van der Waals surface area contributed by atoms with Crippen LogP contribution in [0.5, 0.6) is 0 Å².